The number of carbonyl (C=O) groups is 2. The first-order valence-corrected chi connectivity index (χ1v) is 6.78. The molecule has 0 saturated heterocycles. The van der Waals surface area contributed by atoms with Gasteiger partial charge in [0.1, 0.15) is 5.00 Å². The topological polar surface area (TPSA) is 90.2 Å². The fourth-order valence-corrected chi connectivity index (χ4v) is 2.35. The molecule has 0 aliphatic carbocycles. The van der Waals surface area contributed by atoms with E-state index in [-0.39, 0.29) is 5.56 Å². The van der Waals surface area contributed by atoms with Crippen molar-refractivity contribution in [3.8, 4) is 6.07 Å². The summed E-state index contributed by atoms with van der Waals surface area (Å²) in [6.45, 7) is 0. The van der Waals surface area contributed by atoms with E-state index in [1.165, 1.54) is 12.1 Å². The summed E-state index contributed by atoms with van der Waals surface area (Å²) in [4.78, 5) is 22.7. The molecular weight excluding hydrogens is 288 g/mol. The minimum absolute atomic E-state index is 0.0696. The molecule has 0 aliphatic heterocycles. The lowest BCUT2D eigenvalue weighted by molar-refractivity contribution is -0.111. The maximum absolute atomic E-state index is 11.7. The third-order valence-electron chi connectivity index (χ3n) is 2.60. The van der Waals surface area contributed by atoms with Crippen LogP contribution in [0.3, 0.4) is 0 Å². The van der Waals surface area contributed by atoms with Gasteiger partial charge in [-0.05, 0) is 35.2 Å². The largest absolute Gasteiger partial charge is 0.478 e. The Hall–Kier alpha value is -2.91. The van der Waals surface area contributed by atoms with Crippen LogP contribution in [0.25, 0.3) is 6.08 Å². The van der Waals surface area contributed by atoms with Crippen molar-refractivity contribution in [2.45, 2.75) is 0 Å². The van der Waals surface area contributed by atoms with Crippen molar-refractivity contribution in [2.24, 2.45) is 0 Å². The normalized spacial score (nSPS) is 10.2. The van der Waals surface area contributed by atoms with E-state index in [1.807, 2.05) is 6.07 Å². The lowest BCUT2D eigenvalue weighted by Crippen LogP contribution is -2.09. The molecule has 0 spiro atoms. The van der Waals surface area contributed by atoms with Crippen molar-refractivity contribution in [1.29, 1.82) is 5.26 Å². The number of carbonyl (C=O) groups excluding carboxylic acids is 1. The predicted octanol–water partition coefficient (Wildman–Crippen LogP) is 2.97. The first-order chi connectivity index (χ1) is 10.1. The maximum Gasteiger partial charge on any atom is 0.338 e. The molecule has 0 unspecified atom stereocenters. The average molecular weight is 298 g/mol. The number of benzene rings is 1. The molecule has 0 aliphatic rings. The average Bonchev–Trinajstić information content (AvgIpc) is 2.94. The Morgan fingerprint density at radius 3 is 2.57 bits per heavy atom. The molecule has 1 aromatic carbocycles. The predicted molar refractivity (Wildman–Crippen MR) is 80.1 cm³/mol. The number of nitrogens with one attached hydrogen (secondary N) is 1. The van der Waals surface area contributed by atoms with Crippen molar-refractivity contribution < 1.29 is 14.7 Å². The Kier molecular flexibility index (Phi) is 4.49. The first-order valence-electron chi connectivity index (χ1n) is 5.90. The van der Waals surface area contributed by atoms with Crippen LogP contribution in [0.4, 0.5) is 5.00 Å². The smallest absolute Gasteiger partial charge is 0.338 e. The maximum atomic E-state index is 11.7. The van der Waals surface area contributed by atoms with Gasteiger partial charge in [0.15, 0.2) is 0 Å². The summed E-state index contributed by atoms with van der Waals surface area (Å²) >= 11 is 1.15. The molecular formula is C15H10N2O3S. The molecule has 2 aromatic rings. The standard InChI is InChI=1S/C15H10N2O3S/c16-9-11-3-1-10(2-4-11)5-6-13(18)17-14-12(15(19)20)7-8-21-14/h1-8H,(H,17,18)(H,19,20)/b6-5+. The highest BCUT2D eigenvalue weighted by Crippen LogP contribution is 2.23. The fraction of sp³-hybridized carbons (Fsp3) is 0. The molecule has 1 aromatic heterocycles. The van der Waals surface area contributed by atoms with Crippen molar-refractivity contribution in [3.63, 3.8) is 0 Å². The number of anilines is 1. The Morgan fingerprint density at radius 2 is 1.95 bits per heavy atom. The van der Waals surface area contributed by atoms with Crippen LogP contribution in [0.15, 0.2) is 41.8 Å². The van der Waals surface area contributed by atoms with E-state index in [0.717, 1.165) is 16.9 Å². The first kappa shape index (κ1) is 14.5. The van der Waals surface area contributed by atoms with E-state index in [4.69, 9.17) is 10.4 Å². The van der Waals surface area contributed by atoms with E-state index in [1.54, 1.807) is 35.7 Å². The lowest BCUT2D eigenvalue weighted by atomic mass is 10.1. The van der Waals surface area contributed by atoms with E-state index in [2.05, 4.69) is 5.32 Å². The van der Waals surface area contributed by atoms with E-state index >= 15 is 0 Å². The van der Waals surface area contributed by atoms with Crippen molar-refractivity contribution >= 4 is 34.3 Å². The van der Waals surface area contributed by atoms with Gasteiger partial charge in [-0.3, -0.25) is 4.79 Å². The Bertz CT molecular complexity index is 739. The van der Waals surface area contributed by atoms with E-state index < -0.39 is 11.9 Å². The summed E-state index contributed by atoms with van der Waals surface area (Å²) in [5.41, 5.74) is 1.38. The van der Waals surface area contributed by atoms with Crippen LogP contribution in [0.1, 0.15) is 21.5 Å². The van der Waals surface area contributed by atoms with Crippen LogP contribution in [0.5, 0.6) is 0 Å². The van der Waals surface area contributed by atoms with Gasteiger partial charge in [0.2, 0.25) is 5.91 Å². The Labute approximate surface area is 124 Å². The molecule has 104 valence electrons. The molecule has 0 bridgehead atoms. The molecule has 2 rings (SSSR count). The highest BCUT2D eigenvalue weighted by molar-refractivity contribution is 7.14. The van der Waals surface area contributed by atoms with E-state index in [9.17, 15) is 9.59 Å². The van der Waals surface area contributed by atoms with Crippen LogP contribution >= 0.6 is 11.3 Å². The SMILES string of the molecule is N#Cc1ccc(/C=C/C(=O)Nc2sccc2C(=O)O)cc1. The van der Waals surface area contributed by atoms with Gasteiger partial charge in [-0.15, -0.1) is 11.3 Å². The summed E-state index contributed by atoms with van der Waals surface area (Å²) in [5, 5.41) is 22.0. The summed E-state index contributed by atoms with van der Waals surface area (Å²) < 4.78 is 0. The summed E-state index contributed by atoms with van der Waals surface area (Å²) in [5.74, 6) is -1.49. The molecule has 0 radical (unpaired) electrons. The number of aromatic carboxylic acids is 1. The monoisotopic (exact) mass is 298 g/mol. The second-order valence-electron chi connectivity index (χ2n) is 4.02. The van der Waals surface area contributed by atoms with Crippen LogP contribution in [0, 0.1) is 11.3 Å². The van der Waals surface area contributed by atoms with Gasteiger partial charge >= 0.3 is 5.97 Å². The second-order valence-corrected chi connectivity index (χ2v) is 4.94. The highest BCUT2D eigenvalue weighted by Gasteiger charge is 2.12. The van der Waals surface area contributed by atoms with Gasteiger partial charge in [-0.1, -0.05) is 12.1 Å². The number of carboxylic acid groups (broad SMARTS) is 1. The van der Waals surface area contributed by atoms with Gasteiger partial charge in [-0.2, -0.15) is 5.26 Å². The second kappa shape index (κ2) is 6.50. The molecule has 2 N–H and O–H groups in total. The lowest BCUT2D eigenvalue weighted by Gasteiger charge is -2.00. The van der Waals surface area contributed by atoms with Gasteiger partial charge in [-0.25, -0.2) is 4.79 Å². The number of carboxylic acids is 1. The van der Waals surface area contributed by atoms with E-state index in [0.29, 0.717) is 10.6 Å². The molecule has 5 nitrogen and oxygen atoms in total. The van der Waals surface area contributed by atoms with Crippen LogP contribution in [-0.4, -0.2) is 17.0 Å². The van der Waals surface area contributed by atoms with Crippen LogP contribution in [-0.2, 0) is 4.79 Å². The van der Waals surface area contributed by atoms with Crippen molar-refractivity contribution in [1.82, 2.24) is 0 Å². The number of nitrogens with zero attached hydrogens (tertiary/aromatic N) is 1. The summed E-state index contributed by atoms with van der Waals surface area (Å²) in [6, 6.07) is 10.2. The molecule has 0 saturated carbocycles. The van der Waals surface area contributed by atoms with Gasteiger partial charge in [0.05, 0.1) is 17.2 Å². The quantitative estimate of drug-likeness (QED) is 0.849. The zero-order valence-corrected chi connectivity index (χ0v) is 11.6. The number of hydrogen-bond donors (Lipinski definition) is 2. The summed E-state index contributed by atoms with van der Waals surface area (Å²) in [6.07, 6.45) is 2.90. The fourth-order valence-electron chi connectivity index (χ4n) is 1.57. The Balaban J connectivity index is 2.04. The number of amides is 1. The number of thiophene rings is 1. The zero-order chi connectivity index (χ0) is 15.2. The minimum atomic E-state index is -1.08. The highest BCUT2D eigenvalue weighted by atomic mass is 32.1. The van der Waals surface area contributed by atoms with Gasteiger partial charge in [0, 0.05) is 6.08 Å². The molecule has 6 heteroatoms. The van der Waals surface area contributed by atoms with Crippen molar-refractivity contribution in [2.75, 3.05) is 5.32 Å². The molecule has 1 amide bonds. The molecule has 0 fully saturated rings. The Morgan fingerprint density at radius 1 is 1.24 bits per heavy atom. The molecule has 1 heterocycles. The zero-order valence-electron chi connectivity index (χ0n) is 10.7. The third-order valence-corrected chi connectivity index (χ3v) is 3.43. The van der Waals surface area contributed by atoms with Gasteiger partial charge in [0.25, 0.3) is 0 Å². The third kappa shape index (κ3) is 3.78. The van der Waals surface area contributed by atoms with Crippen LogP contribution in [0.2, 0.25) is 0 Å². The molecule has 0 atom stereocenters. The minimum Gasteiger partial charge on any atom is -0.478 e. The number of nitriles is 1. The summed E-state index contributed by atoms with van der Waals surface area (Å²) in [7, 11) is 0. The van der Waals surface area contributed by atoms with Gasteiger partial charge < -0.3 is 10.4 Å². The number of rotatable bonds is 4. The number of hydrogen-bond acceptors (Lipinski definition) is 4. The van der Waals surface area contributed by atoms with Crippen molar-refractivity contribution in [3.05, 3.63) is 58.5 Å². The van der Waals surface area contributed by atoms with Crippen LogP contribution < -0.4 is 5.32 Å². The molecule has 21 heavy (non-hydrogen) atoms.